The molecule has 250 valence electrons. The van der Waals surface area contributed by atoms with E-state index < -0.39 is 0 Å². The van der Waals surface area contributed by atoms with E-state index in [4.69, 9.17) is 9.47 Å². The Bertz CT molecular complexity index is 609. The molecule has 0 aliphatic carbocycles. The molecule has 0 fully saturated rings. The number of carbonyl (C=O) groups is 2. The predicted molar refractivity (Wildman–Crippen MR) is 178 cm³/mol. The zero-order chi connectivity index (χ0) is 31.7. The number of likely N-dealkylation sites (N-methyl/N-ethyl adjacent to an activating group) is 2. The molecule has 2 unspecified atom stereocenters. The van der Waals surface area contributed by atoms with Crippen LogP contribution in [0.3, 0.4) is 0 Å². The fourth-order valence-electron chi connectivity index (χ4n) is 5.24. The van der Waals surface area contributed by atoms with Crippen LogP contribution >= 0.6 is 0 Å². The zero-order valence-electron chi connectivity index (χ0n) is 29.7. The van der Waals surface area contributed by atoms with E-state index in [0.717, 1.165) is 38.8 Å². The van der Waals surface area contributed by atoms with E-state index >= 15 is 0 Å². The van der Waals surface area contributed by atoms with Crippen LogP contribution in [-0.2, 0) is 19.1 Å². The third-order valence-electron chi connectivity index (χ3n) is 9.52. The lowest BCUT2D eigenvalue weighted by Gasteiger charge is -2.40. The van der Waals surface area contributed by atoms with Gasteiger partial charge in [0.25, 0.3) is 0 Å². The van der Waals surface area contributed by atoms with Crippen LogP contribution in [0, 0.1) is 0 Å². The fourth-order valence-corrected chi connectivity index (χ4v) is 5.24. The Balaban J connectivity index is 4.14. The third kappa shape index (κ3) is 20.7. The lowest BCUT2D eigenvalue weighted by Crippen LogP contribution is -2.60. The van der Waals surface area contributed by atoms with Gasteiger partial charge in [0.05, 0.1) is 41.4 Å². The number of quaternary nitrogens is 2. The number of ether oxygens (including phenoxy) is 2. The highest BCUT2D eigenvalue weighted by atomic mass is 16.5. The van der Waals surface area contributed by atoms with Crippen LogP contribution in [0.4, 0.5) is 0 Å². The maximum absolute atomic E-state index is 12.8. The molecule has 0 aliphatic rings. The second kappa shape index (κ2) is 25.2. The molecule has 0 rings (SSSR count). The summed E-state index contributed by atoms with van der Waals surface area (Å²) in [6.45, 7) is 11.0. The number of unbranched alkanes of at least 4 members (excludes halogenated alkanes) is 18. The average molecular weight is 599 g/mol. The summed E-state index contributed by atoms with van der Waals surface area (Å²) in [5.74, 6) is -0.240. The second-order valence-electron chi connectivity index (χ2n) is 14.1. The van der Waals surface area contributed by atoms with Gasteiger partial charge >= 0.3 is 11.9 Å². The molecule has 0 aliphatic heterocycles. The molecule has 0 radical (unpaired) electrons. The molecule has 0 saturated heterocycles. The Kier molecular flexibility index (Phi) is 24.5. The summed E-state index contributed by atoms with van der Waals surface area (Å²) in [6.07, 6.45) is 25.4. The van der Waals surface area contributed by atoms with Crippen LogP contribution in [0.1, 0.15) is 156 Å². The van der Waals surface area contributed by atoms with Gasteiger partial charge in [0.2, 0.25) is 0 Å². The molecule has 0 aromatic carbocycles. The van der Waals surface area contributed by atoms with E-state index in [0.29, 0.717) is 22.2 Å². The molecule has 0 heterocycles. The van der Waals surface area contributed by atoms with Crippen molar-refractivity contribution in [1.29, 1.82) is 0 Å². The molecule has 0 saturated carbocycles. The summed E-state index contributed by atoms with van der Waals surface area (Å²) < 4.78 is 12.4. The first-order valence-electron chi connectivity index (χ1n) is 18.0. The smallest absolute Gasteiger partial charge is 0.364 e. The van der Waals surface area contributed by atoms with Crippen LogP contribution in [0.25, 0.3) is 0 Å². The molecule has 0 spiro atoms. The van der Waals surface area contributed by atoms with Crippen molar-refractivity contribution in [3.05, 3.63) is 0 Å². The highest BCUT2D eigenvalue weighted by Crippen LogP contribution is 2.16. The molecule has 0 amide bonds. The Morgan fingerprint density at radius 1 is 0.452 bits per heavy atom. The summed E-state index contributed by atoms with van der Waals surface area (Å²) in [5.41, 5.74) is 0. The van der Waals surface area contributed by atoms with Crippen LogP contribution in [-0.4, -0.2) is 87.5 Å². The van der Waals surface area contributed by atoms with Crippen molar-refractivity contribution in [2.45, 2.75) is 168 Å². The molecule has 6 nitrogen and oxygen atoms in total. The van der Waals surface area contributed by atoms with Gasteiger partial charge in [-0.15, -0.1) is 0 Å². The first-order chi connectivity index (χ1) is 20.0. The maximum Gasteiger partial charge on any atom is 0.364 e. The fraction of sp³-hybridized carbons (Fsp3) is 0.944. The summed E-state index contributed by atoms with van der Waals surface area (Å²) in [5, 5.41) is 0. The van der Waals surface area contributed by atoms with Crippen molar-refractivity contribution in [3.8, 4) is 0 Å². The molecule has 0 bridgehead atoms. The quantitative estimate of drug-likeness (QED) is 0.0490. The minimum Gasteiger partial charge on any atom is -0.461 e. The topological polar surface area (TPSA) is 52.6 Å². The van der Waals surface area contributed by atoms with Crippen LogP contribution < -0.4 is 0 Å². The van der Waals surface area contributed by atoms with Crippen LogP contribution in [0.2, 0.25) is 0 Å². The molecule has 0 aromatic rings. The minimum absolute atomic E-state index is 0.120. The van der Waals surface area contributed by atoms with E-state index in [-0.39, 0.29) is 24.0 Å². The summed E-state index contributed by atoms with van der Waals surface area (Å²) in [7, 11) is 8.34. The third-order valence-corrected chi connectivity index (χ3v) is 9.52. The van der Waals surface area contributed by atoms with Gasteiger partial charge in [-0.3, -0.25) is 0 Å². The Morgan fingerprint density at radius 3 is 0.952 bits per heavy atom. The average Bonchev–Trinajstić information content (AvgIpc) is 2.96. The van der Waals surface area contributed by atoms with E-state index in [1.54, 1.807) is 0 Å². The maximum atomic E-state index is 12.8. The Morgan fingerprint density at radius 2 is 0.690 bits per heavy atom. The number of esters is 2. The van der Waals surface area contributed by atoms with Gasteiger partial charge in [0, 0.05) is 0 Å². The van der Waals surface area contributed by atoms with Crippen molar-refractivity contribution < 1.29 is 28.0 Å². The summed E-state index contributed by atoms with van der Waals surface area (Å²) >= 11 is 0. The molecular weight excluding hydrogens is 524 g/mol. The summed E-state index contributed by atoms with van der Waals surface area (Å²) in [4.78, 5) is 25.6. The lowest BCUT2D eigenvalue weighted by molar-refractivity contribution is -0.959. The first kappa shape index (κ1) is 40.9. The molecule has 0 aromatic heterocycles. The Labute approximate surface area is 262 Å². The zero-order valence-corrected chi connectivity index (χ0v) is 29.7. The largest absolute Gasteiger partial charge is 0.461 e. The summed E-state index contributed by atoms with van der Waals surface area (Å²) in [6, 6.07) is -0.488. The first-order valence-corrected chi connectivity index (χ1v) is 18.0. The molecule has 2 atom stereocenters. The molecule has 42 heavy (non-hydrogen) atoms. The molecule has 6 heteroatoms. The van der Waals surface area contributed by atoms with Crippen molar-refractivity contribution >= 4 is 11.9 Å². The van der Waals surface area contributed by atoms with Gasteiger partial charge in [-0.1, -0.05) is 129 Å². The highest BCUT2D eigenvalue weighted by molar-refractivity contribution is 5.74. The monoisotopic (exact) mass is 599 g/mol. The minimum atomic E-state index is -0.244. The number of carbonyl (C=O) groups excluding carboxylic acids is 2. The van der Waals surface area contributed by atoms with E-state index in [1.165, 1.54) is 103 Å². The Hall–Kier alpha value is -1.14. The van der Waals surface area contributed by atoms with Crippen molar-refractivity contribution in [3.63, 3.8) is 0 Å². The van der Waals surface area contributed by atoms with Crippen LogP contribution in [0.5, 0.6) is 0 Å². The van der Waals surface area contributed by atoms with E-state index in [2.05, 4.69) is 42.0 Å². The molecule has 0 N–H and O–H groups in total. The molecular formula is C36H74N2O4+2. The number of nitrogens with zero attached hydrogens (tertiary/aromatic N) is 2. The predicted octanol–water partition coefficient (Wildman–Crippen LogP) is 8.84. The van der Waals surface area contributed by atoms with Gasteiger partial charge in [-0.05, 0) is 26.7 Å². The van der Waals surface area contributed by atoms with Crippen molar-refractivity contribution in [2.24, 2.45) is 0 Å². The standard InChI is InChI=1S/C36H74N2O4/c1-9-11-13-15-17-19-21-23-25-27-31-41-35(39)33(3)37(5,6)29-30-38(7,8)34(4)36(40)42-32-28-26-24-22-20-18-16-14-12-10-2/h33-34H,9-32H2,1-8H3/q+2. The van der Waals surface area contributed by atoms with E-state index in [9.17, 15) is 9.59 Å². The highest BCUT2D eigenvalue weighted by Gasteiger charge is 2.37. The van der Waals surface area contributed by atoms with Gasteiger partial charge < -0.3 is 18.4 Å². The lowest BCUT2D eigenvalue weighted by atomic mass is 10.1. The van der Waals surface area contributed by atoms with E-state index in [1.807, 2.05) is 13.8 Å². The number of hydrogen-bond donors (Lipinski definition) is 0. The van der Waals surface area contributed by atoms with Crippen LogP contribution in [0.15, 0.2) is 0 Å². The van der Waals surface area contributed by atoms with Gasteiger partial charge in [-0.2, -0.15) is 0 Å². The van der Waals surface area contributed by atoms with Gasteiger partial charge in [-0.25, -0.2) is 9.59 Å². The normalized spacial score (nSPS) is 13.6. The SMILES string of the molecule is CCCCCCCCCCCCOC(=O)C(C)[N+](C)(C)CC[N+](C)(C)C(C)C(=O)OCCCCCCCCCCCC. The van der Waals surface area contributed by atoms with Crippen molar-refractivity contribution in [2.75, 3.05) is 54.5 Å². The second-order valence-corrected chi connectivity index (χ2v) is 14.1. The van der Waals surface area contributed by atoms with Gasteiger partial charge in [0.15, 0.2) is 12.1 Å². The number of rotatable bonds is 29. The number of hydrogen-bond acceptors (Lipinski definition) is 4. The van der Waals surface area contributed by atoms with Gasteiger partial charge in [0.1, 0.15) is 13.1 Å². The van der Waals surface area contributed by atoms with Crippen molar-refractivity contribution in [1.82, 2.24) is 0 Å².